The number of methoxy groups -OCH3 is 1. The first-order valence-corrected chi connectivity index (χ1v) is 7.42. The molecule has 0 bridgehead atoms. The summed E-state index contributed by atoms with van der Waals surface area (Å²) in [6.45, 7) is 7.58. The third-order valence-corrected chi connectivity index (χ3v) is 3.83. The lowest BCUT2D eigenvalue weighted by Gasteiger charge is -2.30. The maximum absolute atomic E-state index is 5.92. The molecule has 0 aliphatic carbocycles. The molecule has 3 heterocycles. The third kappa shape index (κ3) is 2.94. The molecule has 0 spiro atoms. The molecule has 1 atom stereocenters. The van der Waals surface area contributed by atoms with E-state index in [0.29, 0.717) is 17.2 Å². The predicted octanol–water partition coefficient (Wildman–Crippen LogP) is 3.63. The van der Waals surface area contributed by atoms with Crippen LogP contribution in [0, 0.1) is 11.3 Å². The lowest BCUT2D eigenvalue weighted by atomic mass is 9.81. The van der Waals surface area contributed by atoms with Gasteiger partial charge in [-0.25, -0.2) is 4.98 Å². The van der Waals surface area contributed by atoms with E-state index >= 15 is 0 Å². The second-order valence-electron chi connectivity index (χ2n) is 6.97. The van der Waals surface area contributed by atoms with Crippen molar-refractivity contribution >= 4 is 11.0 Å². The van der Waals surface area contributed by atoms with Crippen LogP contribution >= 0.6 is 0 Å². The number of ether oxygens (including phenoxy) is 2. The maximum Gasteiger partial charge on any atom is 0.213 e. The maximum atomic E-state index is 5.92. The number of pyridine rings is 2. The van der Waals surface area contributed by atoms with Crippen LogP contribution < -0.4 is 9.47 Å². The molecular formula is C17H22N2O2. The lowest BCUT2D eigenvalue weighted by Crippen LogP contribution is -2.25. The normalized spacial score (nSPS) is 18.2. The van der Waals surface area contributed by atoms with Gasteiger partial charge < -0.3 is 9.47 Å². The van der Waals surface area contributed by atoms with Crippen LogP contribution in [0.4, 0.5) is 0 Å². The molecule has 2 aromatic heterocycles. The van der Waals surface area contributed by atoms with Gasteiger partial charge in [0.25, 0.3) is 0 Å². The first-order valence-electron chi connectivity index (χ1n) is 7.42. The Kier molecular flexibility index (Phi) is 3.47. The van der Waals surface area contributed by atoms with E-state index in [0.717, 1.165) is 36.2 Å². The molecule has 3 rings (SSSR count). The molecule has 21 heavy (non-hydrogen) atoms. The molecule has 0 amide bonds. The van der Waals surface area contributed by atoms with Crippen molar-refractivity contribution < 1.29 is 9.47 Å². The summed E-state index contributed by atoms with van der Waals surface area (Å²) in [4.78, 5) is 9.00. The summed E-state index contributed by atoms with van der Waals surface area (Å²) in [5.41, 5.74) is 3.28. The predicted molar refractivity (Wildman–Crippen MR) is 82.9 cm³/mol. The Morgan fingerprint density at radius 1 is 1.33 bits per heavy atom. The van der Waals surface area contributed by atoms with Gasteiger partial charge in [0, 0.05) is 11.6 Å². The molecular weight excluding hydrogens is 264 g/mol. The molecule has 1 aliphatic rings. The summed E-state index contributed by atoms with van der Waals surface area (Å²) >= 11 is 0. The third-order valence-electron chi connectivity index (χ3n) is 3.83. The van der Waals surface area contributed by atoms with E-state index in [1.807, 2.05) is 18.3 Å². The largest absolute Gasteiger partial charge is 0.491 e. The Bertz CT molecular complexity index is 656. The van der Waals surface area contributed by atoms with Gasteiger partial charge >= 0.3 is 0 Å². The second-order valence-corrected chi connectivity index (χ2v) is 6.97. The van der Waals surface area contributed by atoms with Crippen molar-refractivity contribution in [2.24, 2.45) is 11.3 Å². The highest BCUT2D eigenvalue weighted by atomic mass is 16.5. The van der Waals surface area contributed by atoms with Crippen molar-refractivity contribution in [3.8, 4) is 11.6 Å². The minimum atomic E-state index is 0.305. The molecule has 112 valence electrons. The molecule has 4 heteroatoms. The van der Waals surface area contributed by atoms with Crippen LogP contribution in [0.15, 0.2) is 18.3 Å². The number of hydrogen-bond donors (Lipinski definition) is 0. The molecule has 1 aliphatic heterocycles. The fraction of sp³-hybridized carbons (Fsp3) is 0.529. The van der Waals surface area contributed by atoms with Gasteiger partial charge in [0.2, 0.25) is 5.88 Å². The molecule has 0 radical (unpaired) electrons. The smallest absolute Gasteiger partial charge is 0.213 e. The van der Waals surface area contributed by atoms with Crippen LogP contribution in [-0.2, 0) is 6.42 Å². The highest BCUT2D eigenvalue weighted by Gasteiger charge is 2.26. The minimum absolute atomic E-state index is 0.305. The molecule has 4 nitrogen and oxygen atoms in total. The van der Waals surface area contributed by atoms with E-state index < -0.39 is 0 Å². The van der Waals surface area contributed by atoms with Crippen LogP contribution in [0.5, 0.6) is 11.6 Å². The van der Waals surface area contributed by atoms with Crippen LogP contribution in [0.3, 0.4) is 0 Å². The van der Waals surface area contributed by atoms with Gasteiger partial charge in [-0.2, -0.15) is 0 Å². The Labute approximate surface area is 125 Å². The average Bonchev–Trinajstić information content (AvgIpc) is 2.45. The van der Waals surface area contributed by atoms with Crippen LogP contribution in [-0.4, -0.2) is 23.7 Å². The second kappa shape index (κ2) is 5.17. The Hall–Kier alpha value is -1.84. The van der Waals surface area contributed by atoms with Gasteiger partial charge in [0.1, 0.15) is 5.75 Å². The number of hydrogen-bond acceptors (Lipinski definition) is 4. The topological polar surface area (TPSA) is 44.2 Å². The van der Waals surface area contributed by atoms with Gasteiger partial charge in [0.05, 0.1) is 30.9 Å². The summed E-state index contributed by atoms with van der Waals surface area (Å²) in [6.07, 6.45) is 3.95. The fourth-order valence-electron chi connectivity index (χ4n) is 3.07. The monoisotopic (exact) mass is 286 g/mol. The molecule has 0 fully saturated rings. The van der Waals surface area contributed by atoms with Gasteiger partial charge in [-0.15, -0.1) is 0 Å². The summed E-state index contributed by atoms with van der Waals surface area (Å²) in [5.74, 6) is 2.01. The highest BCUT2D eigenvalue weighted by molar-refractivity contribution is 5.80. The van der Waals surface area contributed by atoms with Crippen molar-refractivity contribution in [3.63, 3.8) is 0 Å². The van der Waals surface area contributed by atoms with E-state index in [-0.39, 0.29) is 0 Å². The zero-order chi connectivity index (χ0) is 15.0. The quantitative estimate of drug-likeness (QED) is 0.845. The van der Waals surface area contributed by atoms with Crippen molar-refractivity contribution in [1.29, 1.82) is 0 Å². The van der Waals surface area contributed by atoms with Crippen molar-refractivity contribution in [3.05, 3.63) is 23.9 Å². The molecule has 0 saturated heterocycles. The zero-order valence-corrected chi connectivity index (χ0v) is 13.1. The Balaban J connectivity index is 2.00. The van der Waals surface area contributed by atoms with Crippen LogP contribution in [0.2, 0.25) is 0 Å². The fourth-order valence-corrected chi connectivity index (χ4v) is 3.07. The molecule has 0 saturated carbocycles. The lowest BCUT2D eigenvalue weighted by molar-refractivity contribution is 0.175. The van der Waals surface area contributed by atoms with E-state index in [9.17, 15) is 0 Å². The van der Waals surface area contributed by atoms with Crippen LogP contribution in [0.25, 0.3) is 11.0 Å². The van der Waals surface area contributed by atoms with E-state index in [4.69, 9.17) is 9.47 Å². The first kappa shape index (κ1) is 14.1. The number of rotatable bonds is 2. The number of nitrogens with zero attached hydrogens (tertiary/aromatic N) is 2. The molecule has 0 N–H and O–H groups in total. The van der Waals surface area contributed by atoms with Gasteiger partial charge in [0.15, 0.2) is 0 Å². The summed E-state index contributed by atoms with van der Waals surface area (Å²) < 4.78 is 11.2. The van der Waals surface area contributed by atoms with E-state index in [2.05, 4.69) is 30.7 Å². The average molecular weight is 286 g/mol. The van der Waals surface area contributed by atoms with Crippen LogP contribution in [0.1, 0.15) is 32.8 Å². The summed E-state index contributed by atoms with van der Waals surface area (Å²) in [5, 5.41) is 0. The number of aromatic nitrogens is 2. The Morgan fingerprint density at radius 3 is 2.86 bits per heavy atom. The minimum Gasteiger partial charge on any atom is -0.491 e. The van der Waals surface area contributed by atoms with Gasteiger partial charge in [-0.05, 0) is 30.2 Å². The number of fused-ring (bicyclic) bond motifs is 3. The van der Waals surface area contributed by atoms with Crippen molar-refractivity contribution in [1.82, 2.24) is 9.97 Å². The van der Waals surface area contributed by atoms with Gasteiger partial charge in [-0.3, -0.25) is 4.98 Å². The standard InChI is InChI=1S/C17H22N2O2/c1-17(2,3)8-11-7-12-14(21-10-11)9-18-13-5-6-15(20-4)19-16(12)13/h5-6,9,11H,7-8,10H2,1-4H3. The molecule has 0 aromatic carbocycles. The van der Waals surface area contributed by atoms with Crippen molar-refractivity contribution in [2.45, 2.75) is 33.6 Å². The van der Waals surface area contributed by atoms with E-state index in [1.165, 1.54) is 5.56 Å². The molecule has 1 unspecified atom stereocenters. The van der Waals surface area contributed by atoms with Crippen molar-refractivity contribution in [2.75, 3.05) is 13.7 Å². The van der Waals surface area contributed by atoms with Gasteiger partial charge in [-0.1, -0.05) is 20.8 Å². The Morgan fingerprint density at radius 2 is 2.14 bits per heavy atom. The van der Waals surface area contributed by atoms with E-state index in [1.54, 1.807) is 7.11 Å². The zero-order valence-electron chi connectivity index (χ0n) is 13.1. The first-order chi connectivity index (χ1) is 9.96. The SMILES string of the molecule is COc1ccc2ncc3c(c2n1)CC(CC(C)(C)C)CO3. The highest BCUT2D eigenvalue weighted by Crippen LogP contribution is 2.36. The summed E-state index contributed by atoms with van der Waals surface area (Å²) in [7, 11) is 1.63. The molecule has 2 aromatic rings. The summed E-state index contributed by atoms with van der Waals surface area (Å²) in [6, 6.07) is 3.80.